The predicted molar refractivity (Wildman–Crippen MR) is 82.9 cm³/mol. The first-order valence-electron chi connectivity index (χ1n) is 6.36. The smallest absolute Gasteiger partial charge is 0.244 e. The van der Waals surface area contributed by atoms with Gasteiger partial charge in [0.05, 0.1) is 0 Å². The molecule has 1 unspecified atom stereocenters. The van der Waals surface area contributed by atoms with Gasteiger partial charge in [-0.3, -0.25) is 4.79 Å². The number of nitrogens with two attached hydrogens (primary N) is 1. The normalized spacial score (nSPS) is 11.9. The highest BCUT2D eigenvalue weighted by atomic mass is 35.5. The minimum atomic E-state index is -0.576. The Kier molecular flexibility index (Phi) is 4.30. The first kappa shape index (κ1) is 14.4. The van der Waals surface area contributed by atoms with Crippen LogP contribution < -0.4 is 11.1 Å². The molecule has 4 heteroatoms. The Hall–Kier alpha value is -2.00. The number of hydrogen-bond acceptors (Lipinski definition) is 2. The van der Waals surface area contributed by atoms with Crippen molar-refractivity contribution >= 4 is 23.2 Å². The summed E-state index contributed by atoms with van der Waals surface area (Å²) in [7, 11) is 0. The van der Waals surface area contributed by atoms with Gasteiger partial charge in [0.25, 0.3) is 0 Å². The molecule has 20 heavy (non-hydrogen) atoms. The van der Waals surface area contributed by atoms with Gasteiger partial charge >= 0.3 is 0 Å². The summed E-state index contributed by atoms with van der Waals surface area (Å²) in [5.41, 5.74) is 9.30. The molecule has 104 valence electrons. The van der Waals surface area contributed by atoms with Crippen LogP contribution in [0.25, 0.3) is 0 Å². The molecular weight excluding hydrogens is 272 g/mol. The Morgan fingerprint density at radius 3 is 2.60 bits per heavy atom. The molecule has 3 N–H and O–H groups in total. The van der Waals surface area contributed by atoms with Gasteiger partial charge in [0.1, 0.15) is 6.04 Å². The highest BCUT2D eigenvalue weighted by Gasteiger charge is 2.19. The van der Waals surface area contributed by atoms with Gasteiger partial charge in [0, 0.05) is 10.7 Å². The van der Waals surface area contributed by atoms with Crippen LogP contribution in [0.1, 0.15) is 22.7 Å². The Morgan fingerprint density at radius 2 is 1.95 bits per heavy atom. The van der Waals surface area contributed by atoms with Gasteiger partial charge in [-0.05, 0) is 43.2 Å². The van der Waals surface area contributed by atoms with Gasteiger partial charge in [-0.25, -0.2) is 0 Å². The fourth-order valence-corrected chi connectivity index (χ4v) is 2.31. The minimum Gasteiger partial charge on any atom is -0.370 e. The molecule has 2 aromatic carbocycles. The summed E-state index contributed by atoms with van der Waals surface area (Å²) in [6.07, 6.45) is 0. The number of rotatable bonds is 4. The molecule has 3 nitrogen and oxygen atoms in total. The molecule has 2 aromatic rings. The van der Waals surface area contributed by atoms with Gasteiger partial charge < -0.3 is 11.1 Å². The van der Waals surface area contributed by atoms with E-state index in [0.717, 1.165) is 22.4 Å². The number of amides is 1. The molecule has 0 fully saturated rings. The number of halogens is 1. The number of nitrogens with one attached hydrogen (secondary N) is 1. The predicted octanol–water partition coefficient (Wildman–Crippen LogP) is 3.60. The number of primary amides is 1. The standard InChI is InChI=1S/C16H17ClN2O/c1-10-6-7-11(2)14(8-10)15(16(18)20)19-13-5-3-4-12(17)9-13/h3-9,15,19H,1-2H3,(H2,18,20). The Morgan fingerprint density at radius 1 is 1.20 bits per heavy atom. The number of hydrogen-bond donors (Lipinski definition) is 2. The van der Waals surface area contributed by atoms with Crippen molar-refractivity contribution in [1.82, 2.24) is 0 Å². The molecule has 1 atom stereocenters. The molecule has 0 aliphatic heterocycles. The fourth-order valence-electron chi connectivity index (χ4n) is 2.12. The number of anilines is 1. The molecule has 0 aliphatic carbocycles. The third-order valence-corrected chi connectivity index (χ3v) is 3.40. The number of carbonyl (C=O) groups is 1. The maximum Gasteiger partial charge on any atom is 0.244 e. The fraction of sp³-hybridized carbons (Fsp3) is 0.188. The maximum absolute atomic E-state index is 11.8. The molecule has 2 rings (SSSR count). The lowest BCUT2D eigenvalue weighted by Crippen LogP contribution is -2.28. The highest BCUT2D eigenvalue weighted by molar-refractivity contribution is 6.30. The number of carbonyl (C=O) groups excluding carboxylic acids is 1. The second-order valence-corrected chi connectivity index (χ2v) is 5.29. The summed E-state index contributed by atoms with van der Waals surface area (Å²) in [6.45, 7) is 3.95. The average molecular weight is 289 g/mol. The average Bonchev–Trinajstić information content (AvgIpc) is 2.39. The SMILES string of the molecule is Cc1ccc(C)c(C(Nc2cccc(Cl)c2)C(N)=O)c1. The van der Waals surface area contributed by atoms with Crippen molar-refractivity contribution in [3.63, 3.8) is 0 Å². The van der Waals surface area contributed by atoms with Crippen LogP contribution in [0, 0.1) is 13.8 Å². The van der Waals surface area contributed by atoms with Crippen molar-refractivity contribution in [2.45, 2.75) is 19.9 Å². The third kappa shape index (κ3) is 3.31. The Bertz CT molecular complexity index is 640. The van der Waals surface area contributed by atoms with E-state index in [1.807, 2.05) is 44.2 Å². The summed E-state index contributed by atoms with van der Waals surface area (Å²) in [6, 6.07) is 12.6. The first-order valence-corrected chi connectivity index (χ1v) is 6.74. The van der Waals surface area contributed by atoms with E-state index in [-0.39, 0.29) is 0 Å². The topological polar surface area (TPSA) is 55.1 Å². The summed E-state index contributed by atoms with van der Waals surface area (Å²) in [4.78, 5) is 11.8. The van der Waals surface area contributed by atoms with Crippen LogP contribution in [0.3, 0.4) is 0 Å². The molecule has 0 saturated carbocycles. The minimum absolute atomic E-state index is 0.418. The van der Waals surface area contributed by atoms with Crippen molar-refractivity contribution in [3.8, 4) is 0 Å². The zero-order valence-electron chi connectivity index (χ0n) is 11.5. The lowest BCUT2D eigenvalue weighted by Gasteiger charge is -2.19. The van der Waals surface area contributed by atoms with Crippen LogP contribution >= 0.6 is 11.6 Å². The largest absolute Gasteiger partial charge is 0.370 e. The van der Waals surface area contributed by atoms with Crippen LogP contribution in [-0.2, 0) is 4.79 Å². The monoisotopic (exact) mass is 288 g/mol. The van der Waals surface area contributed by atoms with Crippen LogP contribution in [0.15, 0.2) is 42.5 Å². The summed E-state index contributed by atoms with van der Waals surface area (Å²) in [5.74, 6) is -0.418. The van der Waals surface area contributed by atoms with E-state index in [9.17, 15) is 4.79 Å². The van der Waals surface area contributed by atoms with E-state index in [4.69, 9.17) is 17.3 Å². The lowest BCUT2D eigenvalue weighted by atomic mass is 9.98. The van der Waals surface area contributed by atoms with Crippen LogP contribution in [0.4, 0.5) is 5.69 Å². The van der Waals surface area contributed by atoms with Crippen molar-refractivity contribution in [2.75, 3.05) is 5.32 Å². The second-order valence-electron chi connectivity index (χ2n) is 4.85. The van der Waals surface area contributed by atoms with Crippen LogP contribution in [0.2, 0.25) is 5.02 Å². The van der Waals surface area contributed by atoms with Gasteiger partial charge in [-0.1, -0.05) is 41.4 Å². The van der Waals surface area contributed by atoms with Gasteiger partial charge in [0.2, 0.25) is 5.91 Å². The van der Waals surface area contributed by atoms with E-state index in [0.29, 0.717) is 5.02 Å². The molecule has 0 saturated heterocycles. The molecule has 1 amide bonds. The zero-order chi connectivity index (χ0) is 14.7. The molecule has 0 spiro atoms. The molecule has 0 heterocycles. The molecule has 0 bridgehead atoms. The molecule has 0 aromatic heterocycles. The van der Waals surface area contributed by atoms with Crippen molar-refractivity contribution in [1.29, 1.82) is 0 Å². The van der Waals surface area contributed by atoms with E-state index in [1.165, 1.54) is 0 Å². The summed E-state index contributed by atoms with van der Waals surface area (Å²) in [5, 5.41) is 3.75. The highest BCUT2D eigenvalue weighted by Crippen LogP contribution is 2.25. The van der Waals surface area contributed by atoms with Crippen molar-refractivity contribution in [3.05, 3.63) is 64.2 Å². The van der Waals surface area contributed by atoms with Crippen molar-refractivity contribution < 1.29 is 4.79 Å². The van der Waals surface area contributed by atoms with Crippen LogP contribution in [-0.4, -0.2) is 5.91 Å². The molecule has 0 radical (unpaired) electrons. The second kappa shape index (κ2) is 5.97. The lowest BCUT2D eigenvalue weighted by molar-refractivity contribution is -0.118. The molecule has 0 aliphatic rings. The maximum atomic E-state index is 11.8. The quantitative estimate of drug-likeness (QED) is 0.903. The Labute approximate surface area is 123 Å². The van der Waals surface area contributed by atoms with Gasteiger partial charge in [0.15, 0.2) is 0 Å². The van der Waals surface area contributed by atoms with E-state index in [2.05, 4.69) is 5.32 Å². The van der Waals surface area contributed by atoms with E-state index < -0.39 is 11.9 Å². The van der Waals surface area contributed by atoms with Gasteiger partial charge in [-0.2, -0.15) is 0 Å². The summed E-state index contributed by atoms with van der Waals surface area (Å²) < 4.78 is 0. The van der Waals surface area contributed by atoms with E-state index in [1.54, 1.807) is 12.1 Å². The van der Waals surface area contributed by atoms with Crippen molar-refractivity contribution in [2.24, 2.45) is 5.73 Å². The number of benzene rings is 2. The zero-order valence-corrected chi connectivity index (χ0v) is 12.2. The molecular formula is C16H17ClN2O. The number of aryl methyl sites for hydroxylation is 2. The summed E-state index contributed by atoms with van der Waals surface area (Å²) >= 11 is 5.95. The van der Waals surface area contributed by atoms with Gasteiger partial charge in [-0.15, -0.1) is 0 Å². The third-order valence-electron chi connectivity index (χ3n) is 3.17. The van der Waals surface area contributed by atoms with E-state index >= 15 is 0 Å². The first-order chi connectivity index (χ1) is 9.47. The van der Waals surface area contributed by atoms with Crippen LogP contribution in [0.5, 0.6) is 0 Å². The Balaban J connectivity index is 2.37.